The number of carboxylic acid groups (broad SMARTS) is 1. The Labute approximate surface area is 111 Å². The van der Waals surface area contributed by atoms with E-state index in [1.165, 1.54) is 6.07 Å². The van der Waals surface area contributed by atoms with Crippen molar-refractivity contribution in [1.29, 1.82) is 0 Å². The average Bonchev–Trinajstić information content (AvgIpc) is 2.28. The SMILES string of the molecule is COC(C)CS(=O)c1ccc(Br)c(C(=O)O)c1. The maximum absolute atomic E-state index is 11.9. The van der Waals surface area contributed by atoms with Gasteiger partial charge in [0.25, 0.3) is 0 Å². The number of rotatable bonds is 5. The van der Waals surface area contributed by atoms with E-state index < -0.39 is 16.8 Å². The fourth-order valence-electron chi connectivity index (χ4n) is 1.19. The number of carbonyl (C=O) groups is 1. The number of benzene rings is 1. The molecule has 0 amide bonds. The molecule has 0 fully saturated rings. The Bertz CT molecular complexity index is 447. The molecular weight excluding hydrogens is 308 g/mol. The Morgan fingerprint density at radius 2 is 2.24 bits per heavy atom. The lowest BCUT2D eigenvalue weighted by atomic mass is 10.2. The van der Waals surface area contributed by atoms with Crippen LogP contribution in [0.2, 0.25) is 0 Å². The van der Waals surface area contributed by atoms with Crippen LogP contribution in [-0.2, 0) is 15.5 Å². The van der Waals surface area contributed by atoms with Gasteiger partial charge in [0.15, 0.2) is 0 Å². The smallest absolute Gasteiger partial charge is 0.336 e. The number of ether oxygens (including phenoxy) is 1. The lowest BCUT2D eigenvalue weighted by Crippen LogP contribution is -2.15. The van der Waals surface area contributed by atoms with Crippen molar-refractivity contribution in [3.8, 4) is 0 Å². The summed E-state index contributed by atoms with van der Waals surface area (Å²) in [4.78, 5) is 11.4. The van der Waals surface area contributed by atoms with Crippen LogP contribution < -0.4 is 0 Å². The van der Waals surface area contributed by atoms with Crippen LogP contribution in [0.15, 0.2) is 27.6 Å². The predicted octanol–water partition coefficient (Wildman–Crippen LogP) is 2.29. The maximum Gasteiger partial charge on any atom is 0.336 e. The third kappa shape index (κ3) is 3.90. The van der Waals surface area contributed by atoms with E-state index >= 15 is 0 Å². The Kier molecular flexibility index (Phi) is 5.30. The van der Waals surface area contributed by atoms with E-state index in [9.17, 15) is 9.00 Å². The molecule has 17 heavy (non-hydrogen) atoms. The number of hydrogen-bond acceptors (Lipinski definition) is 3. The number of aromatic carboxylic acids is 1. The minimum absolute atomic E-state index is 0.112. The van der Waals surface area contributed by atoms with Gasteiger partial charge < -0.3 is 9.84 Å². The first-order valence-electron chi connectivity index (χ1n) is 4.89. The second-order valence-corrected chi connectivity index (χ2v) is 5.86. The molecule has 94 valence electrons. The summed E-state index contributed by atoms with van der Waals surface area (Å²) >= 11 is 3.14. The summed E-state index contributed by atoms with van der Waals surface area (Å²) in [5.74, 6) is -0.701. The summed E-state index contributed by atoms with van der Waals surface area (Å²) < 4.78 is 17.4. The molecule has 0 saturated heterocycles. The molecule has 0 aliphatic rings. The van der Waals surface area contributed by atoms with Gasteiger partial charge in [-0.3, -0.25) is 4.21 Å². The van der Waals surface area contributed by atoms with Crippen LogP contribution >= 0.6 is 15.9 Å². The maximum atomic E-state index is 11.9. The van der Waals surface area contributed by atoms with Crippen LogP contribution in [0.3, 0.4) is 0 Å². The van der Waals surface area contributed by atoms with E-state index in [1.54, 1.807) is 19.2 Å². The third-order valence-corrected chi connectivity index (χ3v) is 4.46. The molecule has 1 aromatic rings. The summed E-state index contributed by atoms with van der Waals surface area (Å²) in [6.45, 7) is 1.81. The van der Waals surface area contributed by atoms with Gasteiger partial charge in [-0.1, -0.05) is 0 Å². The van der Waals surface area contributed by atoms with E-state index in [4.69, 9.17) is 9.84 Å². The van der Waals surface area contributed by atoms with Crippen molar-refractivity contribution >= 4 is 32.7 Å². The fraction of sp³-hybridized carbons (Fsp3) is 0.364. The Balaban J connectivity index is 2.96. The first-order valence-corrected chi connectivity index (χ1v) is 7.01. The highest BCUT2D eigenvalue weighted by atomic mass is 79.9. The van der Waals surface area contributed by atoms with E-state index in [-0.39, 0.29) is 11.7 Å². The zero-order valence-electron chi connectivity index (χ0n) is 9.47. The Morgan fingerprint density at radius 3 is 2.76 bits per heavy atom. The van der Waals surface area contributed by atoms with E-state index in [2.05, 4.69) is 15.9 Å². The van der Waals surface area contributed by atoms with Crippen molar-refractivity contribution in [2.24, 2.45) is 0 Å². The molecule has 6 heteroatoms. The first kappa shape index (κ1) is 14.3. The van der Waals surface area contributed by atoms with Gasteiger partial charge in [0.05, 0.1) is 28.2 Å². The number of carboxylic acids is 1. The Hall–Kier alpha value is -0.720. The molecule has 2 atom stereocenters. The summed E-state index contributed by atoms with van der Waals surface area (Å²) in [6.07, 6.45) is -0.132. The molecule has 0 aliphatic carbocycles. The zero-order valence-corrected chi connectivity index (χ0v) is 11.9. The van der Waals surface area contributed by atoms with Crippen molar-refractivity contribution in [3.63, 3.8) is 0 Å². The molecule has 2 unspecified atom stereocenters. The van der Waals surface area contributed by atoms with Gasteiger partial charge in [-0.15, -0.1) is 0 Å². The van der Waals surface area contributed by atoms with Gasteiger partial charge in [0.1, 0.15) is 0 Å². The highest BCUT2D eigenvalue weighted by molar-refractivity contribution is 9.10. The molecule has 1 rings (SSSR count). The number of hydrogen-bond donors (Lipinski definition) is 1. The standard InChI is InChI=1S/C11H13BrO4S/c1-7(16-2)6-17(15)8-3-4-10(12)9(5-8)11(13)14/h3-5,7H,6H2,1-2H3,(H,13,14). The molecule has 1 aromatic carbocycles. The molecule has 0 radical (unpaired) electrons. The quantitative estimate of drug-likeness (QED) is 0.904. The molecule has 0 spiro atoms. The lowest BCUT2D eigenvalue weighted by Gasteiger charge is -2.09. The Morgan fingerprint density at radius 1 is 1.59 bits per heavy atom. The topological polar surface area (TPSA) is 63.6 Å². The molecule has 0 aromatic heterocycles. The molecule has 0 aliphatic heterocycles. The zero-order chi connectivity index (χ0) is 13.0. The van der Waals surface area contributed by atoms with Crippen molar-refractivity contribution in [1.82, 2.24) is 0 Å². The van der Waals surface area contributed by atoms with E-state index in [0.29, 0.717) is 15.1 Å². The van der Waals surface area contributed by atoms with Gasteiger partial charge in [0.2, 0.25) is 0 Å². The largest absolute Gasteiger partial charge is 0.478 e. The van der Waals surface area contributed by atoms with Gasteiger partial charge in [-0.25, -0.2) is 4.79 Å². The van der Waals surface area contributed by atoms with Gasteiger partial charge >= 0.3 is 5.97 Å². The second kappa shape index (κ2) is 6.28. The minimum atomic E-state index is -1.26. The summed E-state index contributed by atoms with van der Waals surface area (Å²) in [7, 11) is 0.290. The van der Waals surface area contributed by atoms with Crippen LogP contribution in [0.25, 0.3) is 0 Å². The first-order chi connectivity index (χ1) is 7.95. The van der Waals surface area contributed by atoms with Crippen molar-refractivity contribution in [2.75, 3.05) is 12.9 Å². The summed E-state index contributed by atoms with van der Waals surface area (Å²) in [5.41, 5.74) is 0.112. The molecule has 0 saturated carbocycles. The highest BCUT2D eigenvalue weighted by Gasteiger charge is 2.14. The molecule has 0 bridgehead atoms. The number of halogens is 1. The number of methoxy groups -OCH3 is 1. The average molecular weight is 321 g/mol. The van der Waals surface area contributed by atoms with E-state index in [1.807, 2.05) is 6.92 Å². The van der Waals surface area contributed by atoms with Gasteiger partial charge in [-0.05, 0) is 41.1 Å². The van der Waals surface area contributed by atoms with Gasteiger partial charge in [0, 0.05) is 16.5 Å². The minimum Gasteiger partial charge on any atom is -0.478 e. The summed E-state index contributed by atoms with van der Waals surface area (Å²) in [5, 5.41) is 8.95. The molecule has 4 nitrogen and oxygen atoms in total. The van der Waals surface area contributed by atoms with Crippen LogP contribution in [0.4, 0.5) is 0 Å². The van der Waals surface area contributed by atoms with Crippen LogP contribution in [0.1, 0.15) is 17.3 Å². The van der Waals surface area contributed by atoms with E-state index in [0.717, 1.165) is 0 Å². The fourth-order valence-corrected chi connectivity index (χ4v) is 2.83. The highest BCUT2D eigenvalue weighted by Crippen LogP contribution is 2.20. The second-order valence-electron chi connectivity index (χ2n) is 3.51. The molecule has 1 N–H and O–H groups in total. The van der Waals surface area contributed by atoms with Crippen LogP contribution in [0, 0.1) is 0 Å². The van der Waals surface area contributed by atoms with Crippen molar-refractivity contribution in [3.05, 3.63) is 28.2 Å². The van der Waals surface area contributed by atoms with Crippen LogP contribution in [0.5, 0.6) is 0 Å². The van der Waals surface area contributed by atoms with Gasteiger partial charge in [-0.2, -0.15) is 0 Å². The molecule has 0 heterocycles. The lowest BCUT2D eigenvalue weighted by molar-refractivity contribution is 0.0695. The third-order valence-electron chi connectivity index (χ3n) is 2.22. The van der Waals surface area contributed by atoms with Crippen molar-refractivity contribution < 1.29 is 18.8 Å². The van der Waals surface area contributed by atoms with Crippen molar-refractivity contribution in [2.45, 2.75) is 17.9 Å². The predicted molar refractivity (Wildman–Crippen MR) is 68.8 cm³/mol. The molecular formula is C11H13BrO4S. The summed E-state index contributed by atoms with van der Waals surface area (Å²) in [6, 6.07) is 4.66. The normalized spacial score (nSPS) is 14.3. The van der Waals surface area contributed by atoms with Crippen LogP contribution in [-0.4, -0.2) is 34.3 Å². The monoisotopic (exact) mass is 320 g/mol.